The Balaban J connectivity index is 1.89. The summed E-state index contributed by atoms with van der Waals surface area (Å²) in [5.74, 6) is 0.443. The van der Waals surface area contributed by atoms with Crippen molar-refractivity contribution in [3.63, 3.8) is 0 Å². The highest BCUT2D eigenvalue weighted by Crippen LogP contribution is 2.26. The molecular weight excluding hydrogens is 376 g/mol. The molecule has 1 fully saturated rings. The van der Waals surface area contributed by atoms with Gasteiger partial charge in [0.15, 0.2) is 0 Å². The number of hydrogen-bond donors (Lipinski definition) is 0. The molecule has 1 aliphatic rings. The van der Waals surface area contributed by atoms with Crippen molar-refractivity contribution in [2.75, 3.05) is 17.7 Å². The normalized spacial score (nSPS) is 18.5. The van der Waals surface area contributed by atoms with Crippen LogP contribution in [0.3, 0.4) is 0 Å². The van der Waals surface area contributed by atoms with Gasteiger partial charge in [0.2, 0.25) is 15.9 Å². The second-order valence-electron chi connectivity index (χ2n) is 6.40. The van der Waals surface area contributed by atoms with Crippen LogP contribution in [-0.2, 0) is 28.4 Å². The molecule has 0 saturated carbocycles. The number of amides is 1. The van der Waals surface area contributed by atoms with Gasteiger partial charge in [0.05, 0.1) is 12.5 Å². The molecule has 0 unspecified atom stereocenters. The quantitative estimate of drug-likeness (QED) is 0.774. The Bertz CT molecular complexity index is 895. The van der Waals surface area contributed by atoms with Crippen LogP contribution in [0.2, 0.25) is 5.02 Å². The third-order valence-corrected chi connectivity index (χ3v) is 5.99. The second kappa shape index (κ2) is 7.38. The maximum Gasteiger partial charge on any atom is 0.246 e. The van der Waals surface area contributed by atoms with Gasteiger partial charge in [-0.3, -0.25) is 14.4 Å². The highest BCUT2D eigenvalue weighted by atomic mass is 35.5. The molecule has 0 radical (unpaired) electrons. The van der Waals surface area contributed by atoms with Crippen LogP contribution in [0, 0.1) is 0 Å². The van der Waals surface area contributed by atoms with Gasteiger partial charge in [-0.05, 0) is 30.5 Å². The van der Waals surface area contributed by atoms with Gasteiger partial charge in [-0.1, -0.05) is 23.7 Å². The van der Waals surface area contributed by atoms with E-state index in [4.69, 9.17) is 11.6 Å². The molecule has 1 saturated heterocycles. The summed E-state index contributed by atoms with van der Waals surface area (Å²) in [7, 11) is -1.82. The molecule has 1 amide bonds. The fourth-order valence-electron chi connectivity index (χ4n) is 3.21. The first-order valence-electron chi connectivity index (χ1n) is 8.28. The maximum atomic E-state index is 13.1. The number of hydrogen-bond acceptors (Lipinski definition) is 4. The number of aryl methyl sites for hydroxylation is 1. The van der Waals surface area contributed by atoms with Gasteiger partial charge in [0.25, 0.3) is 0 Å². The van der Waals surface area contributed by atoms with E-state index < -0.39 is 16.1 Å². The van der Waals surface area contributed by atoms with Crippen LogP contribution in [0.15, 0.2) is 36.5 Å². The van der Waals surface area contributed by atoms with E-state index in [0.717, 1.165) is 11.8 Å². The van der Waals surface area contributed by atoms with Crippen LogP contribution in [0.5, 0.6) is 0 Å². The second-order valence-corrected chi connectivity index (χ2v) is 8.77. The molecule has 1 aliphatic heterocycles. The van der Waals surface area contributed by atoms with E-state index in [1.165, 1.54) is 4.31 Å². The summed E-state index contributed by atoms with van der Waals surface area (Å²) in [6.45, 7) is 0.680. The van der Waals surface area contributed by atoms with E-state index in [-0.39, 0.29) is 12.5 Å². The largest absolute Gasteiger partial charge is 0.296 e. The first-order chi connectivity index (χ1) is 12.3. The van der Waals surface area contributed by atoms with Gasteiger partial charge >= 0.3 is 0 Å². The smallest absolute Gasteiger partial charge is 0.246 e. The lowest BCUT2D eigenvalue weighted by atomic mass is 10.0. The average molecular weight is 397 g/mol. The van der Waals surface area contributed by atoms with Crippen molar-refractivity contribution < 1.29 is 13.2 Å². The van der Waals surface area contributed by atoms with Crippen molar-refractivity contribution in [2.24, 2.45) is 7.05 Å². The molecule has 0 aliphatic carbocycles. The SMILES string of the molecule is Cn1nccc1N1CCC[C@H](N(Cc2ccc(Cl)cc2)S(C)(=O)=O)C1=O. The molecule has 0 bridgehead atoms. The van der Waals surface area contributed by atoms with Crippen molar-refractivity contribution in [2.45, 2.75) is 25.4 Å². The topological polar surface area (TPSA) is 75.5 Å². The summed E-state index contributed by atoms with van der Waals surface area (Å²) in [6, 6.07) is 7.98. The van der Waals surface area contributed by atoms with E-state index in [1.54, 1.807) is 53.2 Å². The number of piperidine rings is 1. The lowest BCUT2D eigenvalue weighted by Crippen LogP contribution is -2.54. The van der Waals surface area contributed by atoms with Crippen molar-refractivity contribution in [1.82, 2.24) is 14.1 Å². The Labute approximate surface area is 158 Å². The van der Waals surface area contributed by atoms with E-state index in [1.807, 2.05) is 0 Å². The fraction of sp³-hybridized carbons (Fsp3) is 0.412. The van der Waals surface area contributed by atoms with Crippen LogP contribution in [0.1, 0.15) is 18.4 Å². The molecule has 0 N–H and O–H groups in total. The van der Waals surface area contributed by atoms with Crippen LogP contribution in [0.25, 0.3) is 0 Å². The molecule has 1 atom stereocenters. The average Bonchev–Trinajstić information content (AvgIpc) is 3.00. The maximum absolute atomic E-state index is 13.1. The van der Waals surface area contributed by atoms with E-state index in [0.29, 0.717) is 30.2 Å². The van der Waals surface area contributed by atoms with Crippen LogP contribution >= 0.6 is 11.6 Å². The lowest BCUT2D eigenvalue weighted by molar-refractivity contribution is -0.123. The molecule has 9 heteroatoms. The van der Waals surface area contributed by atoms with Gasteiger partial charge in [-0.15, -0.1) is 0 Å². The standard InChI is InChI=1S/C17H21ClN4O3S/c1-20-16(9-10-19-20)21-11-3-4-15(17(21)23)22(26(2,24)25)12-13-5-7-14(18)8-6-13/h5-10,15H,3-4,11-12H2,1-2H3/t15-/m0/s1. The summed E-state index contributed by atoms with van der Waals surface area (Å²) in [5, 5.41) is 4.68. The zero-order chi connectivity index (χ0) is 18.9. The van der Waals surface area contributed by atoms with Crippen molar-refractivity contribution in [3.05, 3.63) is 47.1 Å². The zero-order valence-electron chi connectivity index (χ0n) is 14.7. The number of halogens is 1. The number of carbonyl (C=O) groups excluding carboxylic acids is 1. The van der Waals surface area contributed by atoms with Crippen LogP contribution < -0.4 is 4.90 Å². The number of anilines is 1. The van der Waals surface area contributed by atoms with Gasteiger partial charge in [-0.25, -0.2) is 8.42 Å². The molecule has 1 aromatic carbocycles. The van der Waals surface area contributed by atoms with Gasteiger partial charge in [0, 0.05) is 31.2 Å². The van der Waals surface area contributed by atoms with Gasteiger partial charge in [-0.2, -0.15) is 9.40 Å². The molecule has 2 heterocycles. The summed E-state index contributed by atoms with van der Waals surface area (Å²) in [5.41, 5.74) is 0.783. The van der Waals surface area contributed by atoms with Gasteiger partial charge in [0.1, 0.15) is 11.9 Å². The predicted octanol–water partition coefficient (Wildman–Crippen LogP) is 2.03. The Hall–Kier alpha value is -1.90. The minimum Gasteiger partial charge on any atom is -0.296 e. The van der Waals surface area contributed by atoms with Crippen molar-refractivity contribution in [1.29, 1.82) is 0 Å². The summed E-state index contributed by atoms with van der Waals surface area (Å²) < 4.78 is 27.7. The predicted molar refractivity (Wildman–Crippen MR) is 100 cm³/mol. The number of nitrogens with zero attached hydrogens (tertiary/aromatic N) is 4. The minimum absolute atomic E-state index is 0.131. The number of rotatable bonds is 5. The first kappa shape index (κ1) is 18.9. The van der Waals surface area contributed by atoms with Crippen molar-refractivity contribution in [3.8, 4) is 0 Å². The Morgan fingerprint density at radius 1 is 1.27 bits per heavy atom. The minimum atomic E-state index is -3.58. The number of carbonyl (C=O) groups is 1. The Kier molecular flexibility index (Phi) is 5.36. The molecule has 26 heavy (non-hydrogen) atoms. The van der Waals surface area contributed by atoms with Gasteiger partial charge < -0.3 is 0 Å². The molecule has 0 spiro atoms. The molecule has 3 rings (SSSR count). The highest BCUT2D eigenvalue weighted by molar-refractivity contribution is 7.88. The molecular formula is C17H21ClN4O3S. The Morgan fingerprint density at radius 2 is 1.96 bits per heavy atom. The number of aromatic nitrogens is 2. The molecule has 2 aromatic rings. The van der Waals surface area contributed by atoms with E-state index in [2.05, 4.69) is 5.10 Å². The third kappa shape index (κ3) is 3.92. The summed E-state index contributed by atoms with van der Waals surface area (Å²) in [6.07, 6.45) is 3.97. The number of sulfonamides is 1. The van der Waals surface area contributed by atoms with Crippen LogP contribution in [-0.4, -0.2) is 47.3 Å². The lowest BCUT2D eigenvalue weighted by Gasteiger charge is -2.37. The molecule has 7 nitrogen and oxygen atoms in total. The van der Waals surface area contributed by atoms with E-state index >= 15 is 0 Å². The zero-order valence-corrected chi connectivity index (χ0v) is 16.2. The monoisotopic (exact) mass is 396 g/mol. The van der Waals surface area contributed by atoms with E-state index in [9.17, 15) is 13.2 Å². The van der Waals surface area contributed by atoms with Crippen molar-refractivity contribution >= 4 is 33.3 Å². The van der Waals surface area contributed by atoms with Crippen LogP contribution in [0.4, 0.5) is 5.82 Å². The summed E-state index contributed by atoms with van der Waals surface area (Å²) >= 11 is 5.90. The summed E-state index contributed by atoms with van der Waals surface area (Å²) in [4.78, 5) is 14.7. The highest BCUT2D eigenvalue weighted by Gasteiger charge is 2.38. The third-order valence-electron chi connectivity index (χ3n) is 4.51. The molecule has 140 valence electrons. The number of benzene rings is 1. The fourth-order valence-corrected chi connectivity index (χ4v) is 4.38. The first-order valence-corrected chi connectivity index (χ1v) is 10.5. The molecule has 1 aromatic heterocycles. The Morgan fingerprint density at radius 3 is 2.54 bits per heavy atom.